The number of nitrogens with one attached hydrogen (secondary N) is 1. The molecular weight excluding hydrogens is 304 g/mol. The number of amides is 1. The summed E-state index contributed by atoms with van der Waals surface area (Å²) in [6.45, 7) is 6.93. The zero-order valence-corrected chi connectivity index (χ0v) is 14.1. The number of ether oxygens (including phenoxy) is 1. The van der Waals surface area contributed by atoms with Crippen molar-refractivity contribution >= 4 is 11.6 Å². The number of anilines is 1. The summed E-state index contributed by atoms with van der Waals surface area (Å²) in [6.07, 6.45) is 2.31. The Balaban J connectivity index is 1.50. The molecule has 1 aromatic heterocycles. The summed E-state index contributed by atoms with van der Waals surface area (Å²) in [5, 5.41) is 7.26. The molecule has 3 rings (SSSR count). The Hall–Kier alpha value is -2.18. The van der Waals surface area contributed by atoms with Crippen LogP contribution in [0.2, 0.25) is 0 Å². The van der Waals surface area contributed by atoms with Crippen LogP contribution in [-0.4, -0.2) is 46.9 Å². The van der Waals surface area contributed by atoms with Gasteiger partial charge in [-0.2, -0.15) is 5.10 Å². The minimum Gasteiger partial charge on any atom is -0.379 e. The molecule has 0 spiro atoms. The van der Waals surface area contributed by atoms with Crippen LogP contribution in [0.3, 0.4) is 0 Å². The second-order valence-corrected chi connectivity index (χ2v) is 6.11. The molecule has 1 N–H and O–H groups in total. The van der Waals surface area contributed by atoms with Crippen molar-refractivity contribution in [3.05, 3.63) is 47.8 Å². The molecule has 6 nitrogen and oxygen atoms in total. The highest BCUT2D eigenvalue weighted by molar-refractivity contribution is 5.90. The highest BCUT2D eigenvalue weighted by Gasteiger charge is 2.11. The van der Waals surface area contributed by atoms with E-state index in [0.29, 0.717) is 13.0 Å². The fraction of sp³-hybridized carbons (Fsp3) is 0.444. The smallest absolute Gasteiger partial charge is 0.226 e. The number of carbonyl (C=O) groups is 1. The Labute approximate surface area is 142 Å². The largest absolute Gasteiger partial charge is 0.379 e. The van der Waals surface area contributed by atoms with Gasteiger partial charge in [0.2, 0.25) is 5.91 Å². The van der Waals surface area contributed by atoms with E-state index >= 15 is 0 Å². The van der Waals surface area contributed by atoms with Crippen molar-refractivity contribution in [3.8, 4) is 0 Å². The number of aryl methyl sites for hydroxylation is 2. The van der Waals surface area contributed by atoms with Gasteiger partial charge in [0.1, 0.15) is 0 Å². The first kappa shape index (κ1) is 16.7. The summed E-state index contributed by atoms with van der Waals surface area (Å²) < 4.78 is 7.17. The molecule has 0 bridgehead atoms. The van der Waals surface area contributed by atoms with Gasteiger partial charge in [-0.1, -0.05) is 12.1 Å². The van der Waals surface area contributed by atoms with Crippen LogP contribution in [0, 0.1) is 6.92 Å². The average Bonchev–Trinajstić information content (AvgIpc) is 3.00. The van der Waals surface area contributed by atoms with Gasteiger partial charge in [0, 0.05) is 44.5 Å². The highest BCUT2D eigenvalue weighted by Crippen LogP contribution is 2.14. The van der Waals surface area contributed by atoms with E-state index in [1.54, 1.807) is 4.68 Å². The molecule has 0 unspecified atom stereocenters. The average molecular weight is 328 g/mol. The van der Waals surface area contributed by atoms with Crippen LogP contribution in [0.25, 0.3) is 0 Å². The molecule has 1 amide bonds. The van der Waals surface area contributed by atoms with Crippen LogP contribution in [0.1, 0.15) is 17.7 Å². The quantitative estimate of drug-likeness (QED) is 0.882. The lowest BCUT2D eigenvalue weighted by Gasteiger charge is -2.26. The highest BCUT2D eigenvalue weighted by atomic mass is 16.5. The number of hydrogen-bond acceptors (Lipinski definition) is 4. The molecule has 6 heteroatoms. The summed E-state index contributed by atoms with van der Waals surface area (Å²) in [4.78, 5) is 14.5. The number of benzene rings is 1. The third-order valence-corrected chi connectivity index (χ3v) is 4.06. The Kier molecular flexibility index (Phi) is 5.61. The Bertz CT molecular complexity index is 677. The number of aromatic nitrogens is 2. The van der Waals surface area contributed by atoms with Crippen LogP contribution in [0.5, 0.6) is 0 Å². The summed E-state index contributed by atoms with van der Waals surface area (Å²) in [5.74, 6) is 0.00618. The fourth-order valence-corrected chi connectivity index (χ4v) is 2.79. The van der Waals surface area contributed by atoms with Gasteiger partial charge in [-0.15, -0.1) is 0 Å². The molecule has 1 aliphatic heterocycles. The molecule has 1 aromatic carbocycles. The van der Waals surface area contributed by atoms with E-state index in [1.807, 2.05) is 37.4 Å². The Morgan fingerprint density at radius 2 is 2.12 bits per heavy atom. The maximum atomic E-state index is 12.1. The third kappa shape index (κ3) is 4.91. The molecule has 24 heavy (non-hydrogen) atoms. The van der Waals surface area contributed by atoms with Crippen molar-refractivity contribution in [1.82, 2.24) is 14.7 Å². The minimum atomic E-state index is 0.00618. The number of carbonyl (C=O) groups excluding carboxylic acids is 1. The van der Waals surface area contributed by atoms with Gasteiger partial charge >= 0.3 is 0 Å². The first-order valence-electron chi connectivity index (χ1n) is 8.38. The van der Waals surface area contributed by atoms with Crippen LogP contribution < -0.4 is 5.32 Å². The summed E-state index contributed by atoms with van der Waals surface area (Å²) in [5.41, 5.74) is 3.02. The Morgan fingerprint density at radius 3 is 2.88 bits per heavy atom. The summed E-state index contributed by atoms with van der Waals surface area (Å²) >= 11 is 0. The summed E-state index contributed by atoms with van der Waals surface area (Å²) in [7, 11) is 0. The SMILES string of the molecule is Cc1ccn(CCC(=O)Nc2cccc(CN3CCOCC3)c2)n1. The second kappa shape index (κ2) is 8.08. The van der Waals surface area contributed by atoms with E-state index in [2.05, 4.69) is 21.4 Å². The molecule has 0 radical (unpaired) electrons. The van der Waals surface area contributed by atoms with Gasteiger partial charge in [-0.25, -0.2) is 0 Å². The van der Waals surface area contributed by atoms with Gasteiger partial charge in [0.15, 0.2) is 0 Å². The first-order valence-corrected chi connectivity index (χ1v) is 8.38. The molecule has 1 aliphatic rings. The van der Waals surface area contributed by atoms with E-state index in [9.17, 15) is 4.79 Å². The molecule has 2 aromatic rings. The second-order valence-electron chi connectivity index (χ2n) is 6.11. The molecule has 1 fully saturated rings. The molecule has 2 heterocycles. The van der Waals surface area contributed by atoms with E-state index in [0.717, 1.165) is 44.2 Å². The van der Waals surface area contributed by atoms with E-state index in [1.165, 1.54) is 5.56 Å². The zero-order valence-electron chi connectivity index (χ0n) is 14.1. The van der Waals surface area contributed by atoms with Crippen molar-refractivity contribution < 1.29 is 9.53 Å². The molecule has 1 saturated heterocycles. The van der Waals surface area contributed by atoms with Gasteiger partial charge in [0.25, 0.3) is 0 Å². The van der Waals surface area contributed by atoms with E-state index in [-0.39, 0.29) is 5.91 Å². The normalized spacial score (nSPS) is 15.4. The van der Waals surface area contributed by atoms with Crippen LogP contribution in [0.4, 0.5) is 5.69 Å². The van der Waals surface area contributed by atoms with Gasteiger partial charge in [-0.05, 0) is 30.7 Å². The molecule has 0 aliphatic carbocycles. The summed E-state index contributed by atoms with van der Waals surface area (Å²) in [6, 6.07) is 10.00. The lowest BCUT2D eigenvalue weighted by atomic mass is 10.1. The Morgan fingerprint density at radius 1 is 1.29 bits per heavy atom. The third-order valence-electron chi connectivity index (χ3n) is 4.06. The number of morpholine rings is 1. The number of nitrogens with zero attached hydrogens (tertiary/aromatic N) is 3. The van der Waals surface area contributed by atoms with E-state index < -0.39 is 0 Å². The van der Waals surface area contributed by atoms with Crippen molar-refractivity contribution in [2.45, 2.75) is 26.4 Å². The van der Waals surface area contributed by atoms with Gasteiger partial charge in [0.05, 0.1) is 18.9 Å². The predicted molar refractivity (Wildman–Crippen MR) is 92.7 cm³/mol. The molecule has 0 atom stereocenters. The maximum absolute atomic E-state index is 12.1. The standard InChI is InChI=1S/C18H24N4O2/c1-15-5-7-22(20-15)8-6-18(23)19-17-4-2-3-16(13-17)14-21-9-11-24-12-10-21/h2-5,7,13H,6,8-12,14H2,1H3,(H,19,23). The van der Waals surface area contributed by atoms with Crippen LogP contribution >= 0.6 is 0 Å². The lowest BCUT2D eigenvalue weighted by Crippen LogP contribution is -2.35. The maximum Gasteiger partial charge on any atom is 0.226 e. The monoisotopic (exact) mass is 328 g/mol. The van der Waals surface area contributed by atoms with Crippen molar-refractivity contribution in [2.75, 3.05) is 31.6 Å². The first-order chi connectivity index (χ1) is 11.7. The topological polar surface area (TPSA) is 59.4 Å². The van der Waals surface area contributed by atoms with E-state index in [4.69, 9.17) is 4.74 Å². The van der Waals surface area contributed by atoms with Crippen molar-refractivity contribution in [1.29, 1.82) is 0 Å². The van der Waals surface area contributed by atoms with Crippen molar-refractivity contribution in [2.24, 2.45) is 0 Å². The van der Waals surface area contributed by atoms with Crippen molar-refractivity contribution in [3.63, 3.8) is 0 Å². The minimum absolute atomic E-state index is 0.00618. The van der Waals surface area contributed by atoms with Gasteiger partial charge < -0.3 is 10.1 Å². The van der Waals surface area contributed by atoms with Gasteiger partial charge in [-0.3, -0.25) is 14.4 Å². The number of rotatable bonds is 6. The molecule has 0 saturated carbocycles. The molecular formula is C18H24N4O2. The van der Waals surface area contributed by atoms with Crippen LogP contribution in [0.15, 0.2) is 36.5 Å². The number of hydrogen-bond donors (Lipinski definition) is 1. The lowest BCUT2D eigenvalue weighted by molar-refractivity contribution is -0.116. The predicted octanol–water partition coefficient (Wildman–Crippen LogP) is 2.05. The fourth-order valence-electron chi connectivity index (χ4n) is 2.79. The molecule has 128 valence electrons. The zero-order chi connectivity index (χ0) is 16.8. The van der Waals surface area contributed by atoms with Crippen LogP contribution in [-0.2, 0) is 22.6 Å².